The minimum absolute atomic E-state index is 0.0203. The van der Waals surface area contributed by atoms with Gasteiger partial charge in [-0.3, -0.25) is 9.69 Å². The van der Waals surface area contributed by atoms with E-state index in [0.717, 1.165) is 31.7 Å². The maximum Gasteiger partial charge on any atom is 0.303 e. The zero-order chi connectivity index (χ0) is 17.6. The Morgan fingerprint density at radius 2 is 2.16 bits per heavy atom. The summed E-state index contributed by atoms with van der Waals surface area (Å²) in [4.78, 5) is 13.7. The molecule has 3 atom stereocenters. The molecule has 1 heterocycles. The highest BCUT2D eigenvalue weighted by atomic mass is 16.4. The van der Waals surface area contributed by atoms with Crippen LogP contribution in [0.25, 0.3) is 0 Å². The SMILES string of the molecule is CC1C2Cc3ccc(O)cc3C1(CCCC(=O)O)CCN2CC1CC1. The first kappa shape index (κ1) is 16.9. The number of fused-ring (bicyclic) bond motifs is 4. The number of aromatic hydroxyl groups is 1. The highest BCUT2D eigenvalue weighted by Crippen LogP contribution is 2.52. The Morgan fingerprint density at radius 1 is 1.36 bits per heavy atom. The van der Waals surface area contributed by atoms with Crippen molar-refractivity contribution in [3.05, 3.63) is 29.3 Å². The second-order valence-electron chi connectivity index (χ2n) is 8.49. The lowest BCUT2D eigenvalue weighted by Gasteiger charge is -2.56. The average molecular weight is 343 g/mol. The van der Waals surface area contributed by atoms with Crippen LogP contribution in [0.15, 0.2) is 18.2 Å². The summed E-state index contributed by atoms with van der Waals surface area (Å²) in [5.74, 6) is 1.03. The van der Waals surface area contributed by atoms with E-state index in [1.807, 2.05) is 6.07 Å². The Balaban J connectivity index is 1.66. The number of carboxylic acid groups (broad SMARTS) is 1. The van der Waals surface area contributed by atoms with Crippen molar-refractivity contribution in [1.29, 1.82) is 0 Å². The molecule has 2 bridgehead atoms. The van der Waals surface area contributed by atoms with E-state index in [9.17, 15) is 9.90 Å². The van der Waals surface area contributed by atoms with E-state index in [0.29, 0.717) is 24.1 Å². The molecular formula is C21H29NO3. The number of aliphatic carboxylic acids is 1. The monoisotopic (exact) mass is 343 g/mol. The third-order valence-corrected chi connectivity index (χ3v) is 7.03. The van der Waals surface area contributed by atoms with Crippen LogP contribution >= 0.6 is 0 Å². The normalized spacial score (nSPS) is 31.6. The summed E-state index contributed by atoms with van der Waals surface area (Å²) in [6.07, 6.45) is 6.75. The Labute approximate surface area is 149 Å². The molecule has 2 fully saturated rings. The van der Waals surface area contributed by atoms with Crippen molar-refractivity contribution >= 4 is 5.97 Å². The van der Waals surface area contributed by atoms with Gasteiger partial charge in [0.15, 0.2) is 0 Å². The zero-order valence-electron chi connectivity index (χ0n) is 15.1. The van der Waals surface area contributed by atoms with Gasteiger partial charge in [-0.2, -0.15) is 0 Å². The van der Waals surface area contributed by atoms with Crippen molar-refractivity contribution < 1.29 is 15.0 Å². The van der Waals surface area contributed by atoms with Gasteiger partial charge in [-0.15, -0.1) is 0 Å². The van der Waals surface area contributed by atoms with Crippen LogP contribution in [-0.2, 0) is 16.6 Å². The van der Waals surface area contributed by atoms with Gasteiger partial charge in [0, 0.05) is 24.4 Å². The fourth-order valence-corrected chi connectivity index (χ4v) is 5.44. The molecule has 2 N–H and O–H groups in total. The first-order valence-corrected chi connectivity index (χ1v) is 9.78. The second-order valence-corrected chi connectivity index (χ2v) is 8.49. The minimum atomic E-state index is -0.710. The molecule has 2 aliphatic carbocycles. The smallest absolute Gasteiger partial charge is 0.303 e. The summed E-state index contributed by atoms with van der Waals surface area (Å²) in [5, 5.41) is 19.1. The highest BCUT2D eigenvalue weighted by molar-refractivity contribution is 5.66. The number of piperidine rings is 1. The first-order valence-electron chi connectivity index (χ1n) is 9.78. The summed E-state index contributed by atoms with van der Waals surface area (Å²) < 4.78 is 0. The van der Waals surface area contributed by atoms with Crippen molar-refractivity contribution in [3.63, 3.8) is 0 Å². The van der Waals surface area contributed by atoms with E-state index in [2.05, 4.69) is 17.9 Å². The number of hydrogen-bond donors (Lipinski definition) is 2. The quantitative estimate of drug-likeness (QED) is 0.829. The van der Waals surface area contributed by atoms with Crippen molar-refractivity contribution in [2.24, 2.45) is 11.8 Å². The van der Waals surface area contributed by atoms with Gasteiger partial charge in [-0.1, -0.05) is 13.0 Å². The van der Waals surface area contributed by atoms with Crippen LogP contribution in [0.3, 0.4) is 0 Å². The van der Waals surface area contributed by atoms with Crippen LogP contribution in [0.5, 0.6) is 5.75 Å². The number of nitrogens with zero attached hydrogens (tertiary/aromatic N) is 1. The van der Waals surface area contributed by atoms with Gasteiger partial charge >= 0.3 is 5.97 Å². The van der Waals surface area contributed by atoms with Crippen LogP contribution in [0.2, 0.25) is 0 Å². The summed E-state index contributed by atoms with van der Waals surface area (Å²) >= 11 is 0. The minimum Gasteiger partial charge on any atom is -0.508 e. The highest BCUT2D eigenvalue weighted by Gasteiger charge is 2.51. The van der Waals surface area contributed by atoms with Gasteiger partial charge in [0.25, 0.3) is 0 Å². The van der Waals surface area contributed by atoms with Crippen molar-refractivity contribution in [3.8, 4) is 5.75 Å². The van der Waals surface area contributed by atoms with Gasteiger partial charge in [0.2, 0.25) is 0 Å². The van der Waals surface area contributed by atoms with Crippen LogP contribution in [0, 0.1) is 11.8 Å². The molecule has 4 heteroatoms. The molecule has 1 aromatic rings. The largest absolute Gasteiger partial charge is 0.508 e. The van der Waals surface area contributed by atoms with E-state index in [-0.39, 0.29) is 11.8 Å². The molecule has 1 saturated heterocycles. The molecule has 0 spiro atoms. The molecule has 1 aromatic carbocycles. The molecule has 4 nitrogen and oxygen atoms in total. The Morgan fingerprint density at radius 3 is 2.88 bits per heavy atom. The maximum atomic E-state index is 11.0. The molecular weight excluding hydrogens is 314 g/mol. The number of carbonyl (C=O) groups is 1. The van der Waals surface area contributed by atoms with Crippen molar-refractivity contribution in [1.82, 2.24) is 4.90 Å². The maximum absolute atomic E-state index is 11.0. The lowest BCUT2D eigenvalue weighted by Crippen LogP contribution is -2.59. The third kappa shape index (κ3) is 3.05. The van der Waals surface area contributed by atoms with Crippen LogP contribution < -0.4 is 0 Å². The molecule has 3 unspecified atom stereocenters. The van der Waals surface area contributed by atoms with E-state index in [1.165, 1.54) is 30.5 Å². The predicted molar refractivity (Wildman–Crippen MR) is 96.8 cm³/mol. The summed E-state index contributed by atoms with van der Waals surface area (Å²) in [7, 11) is 0. The number of benzene rings is 1. The second kappa shape index (κ2) is 6.31. The number of likely N-dealkylation sites (tertiary alicyclic amines) is 1. The van der Waals surface area contributed by atoms with E-state index in [4.69, 9.17) is 5.11 Å². The molecule has 136 valence electrons. The molecule has 3 aliphatic rings. The molecule has 0 radical (unpaired) electrons. The van der Waals surface area contributed by atoms with Gasteiger partial charge < -0.3 is 10.2 Å². The number of rotatable bonds is 6. The Bertz CT molecular complexity index is 669. The van der Waals surface area contributed by atoms with E-state index >= 15 is 0 Å². The first-order chi connectivity index (χ1) is 12.0. The van der Waals surface area contributed by atoms with Gasteiger partial charge in [0.05, 0.1) is 0 Å². The molecule has 4 rings (SSSR count). The fourth-order valence-electron chi connectivity index (χ4n) is 5.44. The molecule has 0 aromatic heterocycles. The number of carboxylic acids is 1. The summed E-state index contributed by atoms with van der Waals surface area (Å²) in [6, 6.07) is 6.41. The standard InChI is InChI=1S/C21H29NO3/c1-14-19-11-16-6-7-17(23)12-18(16)21(14,8-2-3-20(24)25)9-10-22(19)13-15-4-5-15/h6-7,12,14-15,19,23H,2-5,8-11,13H2,1H3,(H,24,25). The van der Waals surface area contributed by atoms with Crippen LogP contribution in [-0.4, -0.2) is 40.2 Å². The zero-order valence-corrected chi connectivity index (χ0v) is 15.1. The van der Waals surface area contributed by atoms with E-state index < -0.39 is 5.97 Å². The molecule has 25 heavy (non-hydrogen) atoms. The topological polar surface area (TPSA) is 60.8 Å². The summed E-state index contributed by atoms with van der Waals surface area (Å²) in [5.41, 5.74) is 2.66. The van der Waals surface area contributed by atoms with Gasteiger partial charge in [-0.25, -0.2) is 0 Å². The number of phenols is 1. The van der Waals surface area contributed by atoms with Crippen molar-refractivity contribution in [2.75, 3.05) is 13.1 Å². The Kier molecular flexibility index (Phi) is 4.27. The van der Waals surface area contributed by atoms with Crippen LogP contribution in [0.4, 0.5) is 0 Å². The lowest BCUT2D eigenvalue weighted by molar-refractivity contribution is -0.137. The van der Waals surface area contributed by atoms with E-state index in [1.54, 1.807) is 6.07 Å². The number of phenolic OH excluding ortho intramolecular Hbond substituents is 1. The number of hydrogen-bond acceptors (Lipinski definition) is 3. The molecule has 0 amide bonds. The van der Waals surface area contributed by atoms with Crippen molar-refractivity contribution in [2.45, 2.75) is 63.3 Å². The third-order valence-electron chi connectivity index (χ3n) is 7.03. The lowest BCUT2D eigenvalue weighted by atomic mass is 9.56. The summed E-state index contributed by atoms with van der Waals surface area (Å²) in [6.45, 7) is 4.69. The Hall–Kier alpha value is -1.55. The van der Waals surface area contributed by atoms with Crippen LogP contribution in [0.1, 0.15) is 56.6 Å². The fraction of sp³-hybridized carbons (Fsp3) is 0.667. The molecule has 1 saturated carbocycles. The predicted octanol–water partition coefficient (Wildman–Crippen LogP) is 3.56. The van der Waals surface area contributed by atoms with Gasteiger partial charge in [0.1, 0.15) is 5.75 Å². The van der Waals surface area contributed by atoms with Gasteiger partial charge in [-0.05, 0) is 80.2 Å². The molecule has 1 aliphatic heterocycles. The average Bonchev–Trinajstić information content (AvgIpc) is 3.37.